The maximum absolute atomic E-state index is 5.48. The Kier molecular flexibility index (Phi) is 5.23. The van der Waals surface area contributed by atoms with Crippen LogP contribution in [0.3, 0.4) is 0 Å². The van der Waals surface area contributed by atoms with E-state index in [9.17, 15) is 0 Å². The van der Waals surface area contributed by atoms with Crippen LogP contribution >= 0.6 is 15.9 Å². The van der Waals surface area contributed by atoms with Crippen LogP contribution in [0.1, 0.15) is 36.3 Å². The lowest BCUT2D eigenvalue weighted by molar-refractivity contribution is 0.448. The standard InChI is InChI=1S/C16H20BrNO/c1-3-8-18-16(11-13-5-4-9-19-13)14-10-12(2)6-7-15(14)17/h4-7,9-10,16,18H,3,8,11H2,1-2H3. The van der Waals surface area contributed by atoms with Crippen molar-refractivity contribution in [2.24, 2.45) is 0 Å². The normalized spacial score (nSPS) is 12.6. The number of hydrogen-bond donors (Lipinski definition) is 1. The molecule has 0 spiro atoms. The van der Waals surface area contributed by atoms with Crippen molar-refractivity contribution in [3.05, 3.63) is 58.0 Å². The van der Waals surface area contributed by atoms with Gasteiger partial charge in [-0.2, -0.15) is 0 Å². The van der Waals surface area contributed by atoms with Crippen LogP contribution in [0.25, 0.3) is 0 Å². The average molecular weight is 322 g/mol. The summed E-state index contributed by atoms with van der Waals surface area (Å²) < 4.78 is 6.63. The third-order valence-corrected chi connectivity index (χ3v) is 3.88. The maximum atomic E-state index is 5.48. The van der Waals surface area contributed by atoms with Gasteiger partial charge in [-0.1, -0.05) is 40.5 Å². The summed E-state index contributed by atoms with van der Waals surface area (Å²) in [7, 11) is 0. The molecule has 0 amide bonds. The van der Waals surface area contributed by atoms with Gasteiger partial charge in [-0.05, 0) is 43.7 Å². The Morgan fingerprint density at radius 1 is 1.32 bits per heavy atom. The SMILES string of the molecule is CCCNC(Cc1ccco1)c1cc(C)ccc1Br. The summed E-state index contributed by atoms with van der Waals surface area (Å²) in [5.41, 5.74) is 2.57. The van der Waals surface area contributed by atoms with E-state index >= 15 is 0 Å². The van der Waals surface area contributed by atoms with E-state index in [2.05, 4.69) is 53.3 Å². The predicted molar refractivity (Wildman–Crippen MR) is 82.3 cm³/mol. The van der Waals surface area contributed by atoms with Crippen molar-refractivity contribution in [2.45, 2.75) is 32.7 Å². The molecule has 2 nitrogen and oxygen atoms in total. The van der Waals surface area contributed by atoms with E-state index in [1.54, 1.807) is 6.26 Å². The maximum Gasteiger partial charge on any atom is 0.105 e. The number of rotatable bonds is 6. The summed E-state index contributed by atoms with van der Waals surface area (Å²) in [5, 5.41) is 3.60. The quantitative estimate of drug-likeness (QED) is 0.838. The lowest BCUT2D eigenvalue weighted by atomic mass is 10.0. The first-order chi connectivity index (χ1) is 9.20. The second-order valence-electron chi connectivity index (χ2n) is 4.82. The van der Waals surface area contributed by atoms with Crippen molar-refractivity contribution >= 4 is 15.9 Å². The number of hydrogen-bond acceptors (Lipinski definition) is 2. The van der Waals surface area contributed by atoms with Gasteiger partial charge in [0.25, 0.3) is 0 Å². The van der Waals surface area contributed by atoms with Gasteiger partial charge in [0.15, 0.2) is 0 Å². The Morgan fingerprint density at radius 3 is 2.84 bits per heavy atom. The number of aryl methyl sites for hydroxylation is 1. The molecule has 0 aliphatic carbocycles. The van der Waals surface area contributed by atoms with Crippen LogP contribution in [0, 0.1) is 6.92 Å². The Labute approximate surface area is 123 Å². The molecule has 0 saturated heterocycles. The predicted octanol–water partition coefficient (Wildman–Crippen LogP) is 4.63. The zero-order chi connectivity index (χ0) is 13.7. The number of benzene rings is 1. The average Bonchev–Trinajstić information content (AvgIpc) is 2.90. The van der Waals surface area contributed by atoms with Crippen molar-refractivity contribution in [1.29, 1.82) is 0 Å². The molecule has 0 aliphatic rings. The van der Waals surface area contributed by atoms with Crippen LogP contribution in [0.5, 0.6) is 0 Å². The molecule has 1 heterocycles. The van der Waals surface area contributed by atoms with Gasteiger partial charge in [-0.25, -0.2) is 0 Å². The molecule has 1 aromatic carbocycles. The second-order valence-corrected chi connectivity index (χ2v) is 5.67. The number of nitrogens with one attached hydrogen (secondary N) is 1. The fourth-order valence-electron chi connectivity index (χ4n) is 2.17. The number of furan rings is 1. The molecule has 0 aliphatic heterocycles. The monoisotopic (exact) mass is 321 g/mol. The molecule has 2 aromatic rings. The highest BCUT2D eigenvalue weighted by molar-refractivity contribution is 9.10. The Balaban J connectivity index is 2.23. The van der Waals surface area contributed by atoms with E-state index in [4.69, 9.17) is 4.42 Å². The first-order valence-electron chi connectivity index (χ1n) is 6.72. The summed E-state index contributed by atoms with van der Waals surface area (Å²) in [6, 6.07) is 10.7. The molecule has 0 saturated carbocycles. The van der Waals surface area contributed by atoms with Crippen LogP contribution in [-0.4, -0.2) is 6.54 Å². The Hall–Kier alpha value is -1.06. The molecule has 0 fully saturated rings. The molecule has 1 atom stereocenters. The van der Waals surface area contributed by atoms with Gasteiger partial charge in [0.05, 0.1) is 6.26 Å². The van der Waals surface area contributed by atoms with Gasteiger partial charge in [-0.15, -0.1) is 0 Å². The van der Waals surface area contributed by atoms with E-state index in [1.165, 1.54) is 11.1 Å². The van der Waals surface area contributed by atoms with Crippen molar-refractivity contribution in [1.82, 2.24) is 5.32 Å². The third-order valence-electron chi connectivity index (χ3n) is 3.15. The molecule has 0 radical (unpaired) electrons. The molecular weight excluding hydrogens is 302 g/mol. The van der Waals surface area contributed by atoms with Gasteiger partial charge in [0, 0.05) is 16.9 Å². The van der Waals surface area contributed by atoms with Crippen LogP contribution in [0.2, 0.25) is 0 Å². The van der Waals surface area contributed by atoms with E-state index in [-0.39, 0.29) is 6.04 Å². The van der Waals surface area contributed by atoms with E-state index in [0.29, 0.717) is 0 Å². The van der Waals surface area contributed by atoms with Crippen LogP contribution < -0.4 is 5.32 Å². The molecule has 1 unspecified atom stereocenters. The zero-order valence-electron chi connectivity index (χ0n) is 11.4. The van der Waals surface area contributed by atoms with Crippen LogP contribution in [0.4, 0.5) is 0 Å². The summed E-state index contributed by atoms with van der Waals surface area (Å²) in [5.74, 6) is 1.02. The first-order valence-corrected chi connectivity index (χ1v) is 7.51. The Bertz CT molecular complexity index is 507. The minimum Gasteiger partial charge on any atom is -0.469 e. The molecule has 2 rings (SSSR count). The van der Waals surface area contributed by atoms with E-state index in [0.717, 1.165) is 29.6 Å². The number of halogens is 1. The van der Waals surface area contributed by atoms with Crippen molar-refractivity contribution < 1.29 is 4.42 Å². The van der Waals surface area contributed by atoms with Gasteiger partial charge < -0.3 is 9.73 Å². The van der Waals surface area contributed by atoms with Gasteiger partial charge >= 0.3 is 0 Å². The van der Waals surface area contributed by atoms with Gasteiger partial charge in [0.1, 0.15) is 5.76 Å². The van der Waals surface area contributed by atoms with Crippen molar-refractivity contribution in [2.75, 3.05) is 6.54 Å². The summed E-state index contributed by atoms with van der Waals surface area (Å²) in [6.45, 7) is 5.31. The smallest absolute Gasteiger partial charge is 0.105 e. The molecule has 0 bridgehead atoms. The molecule has 3 heteroatoms. The zero-order valence-corrected chi connectivity index (χ0v) is 13.0. The summed E-state index contributed by atoms with van der Waals surface area (Å²) in [4.78, 5) is 0. The topological polar surface area (TPSA) is 25.2 Å². The highest BCUT2D eigenvalue weighted by Crippen LogP contribution is 2.27. The fraction of sp³-hybridized carbons (Fsp3) is 0.375. The highest BCUT2D eigenvalue weighted by atomic mass is 79.9. The minimum atomic E-state index is 0.278. The minimum absolute atomic E-state index is 0.278. The summed E-state index contributed by atoms with van der Waals surface area (Å²) >= 11 is 3.66. The lowest BCUT2D eigenvalue weighted by Crippen LogP contribution is -2.24. The molecule has 1 N–H and O–H groups in total. The first kappa shape index (κ1) is 14.4. The Morgan fingerprint density at radius 2 is 2.16 bits per heavy atom. The molecule has 1 aromatic heterocycles. The lowest BCUT2D eigenvalue weighted by Gasteiger charge is -2.20. The molecule has 19 heavy (non-hydrogen) atoms. The van der Waals surface area contributed by atoms with Crippen molar-refractivity contribution in [3.63, 3.8) is 0 Å². The van der Waals surface area contributed by atoms with Crippen LogP contribution in [0.15, 0.2) is 45.5 Å². The third kappa shape index (κ3) is 3.95. The van der Waals surface area contributed by atoms with Gasteiger partial charge in [0.2, 0.25) is 0 Å². The second kappa shape index (κ2) is 6.92. The van der Waals surface area contributed by atoms with E-state index < -0.39 is 0 Å². The fourth-order valence-corrected chi connectivity index (χ4v) is 2.69. The largest absolute Gasteiger partial charge is 0.469 e. The van der Waals surface area contributed by atoms with Crippen LogP contribution in [-0.2, 0) is 6.42 Å². The summed E-state index contributed by atoms with van der Waals surface area (Å²) in [6.07, 6.45) is 3.73. The van der Waals surface area contributed by atoms with E-state index in [1.807, 2.05) is 12.1 Å². The van der Waals surface area contributed by atoms with Crippen molar-refractivity contribution in [3.8, 4) is 0 Å². The highest BCUT2D eigenvalue weighted by Gasteiger charge is 2.16. The molecular formula is C16H20BrNO. The van der Waals surface area contributed by atoms with Gasteiger partial charge in [-0.3, -0.25) is 0 Å². The molecule has 102 valence electrons.